The van der Waals surface area contributed by atoms with Crippen LogP contribution in [0.2, 0.25) is 0 Å². The Hall–Kier alpha value is -6.84. The molecule has 2 aromatic heterocycles. The number of hydrogen-bond donors (Lipinski definition) is 3. The third-order valence-electron chi connectivity index (χ3n) is 13.3. The third kappa shape index (κ3) is 7.89. The Kier molecular flexibility index (Phi) is 11.2. The largest absolute Gasteiger partial charge is 0.508 e. The lowest BCUT2D eigenvalue weighted by Gasteiger charge is -2.43. The molecule has 3 amide bonds. The average molecular weight is 870 g/mol. The number of benzene rings is 3. The number of phenolic OH excluding ortho intramolecular Hbond substituents is 1. The fraction of sp³-hybridized carbons (Fsp3) is 0.417. The summed E-state index contributed by atoms with van der Waals surface area (Å²) >= 11 is 0. The number of methoxy groups -OCH3 is 2. The Morgan fingerprint density at radius 3 is 2.44 bits per heavy atom. The molecule has 5 heterocycles. The minimum atomic E-state index is -0.959. The van der Waals surface area contributed by atoms with E-state index in [0.717, 1.165) is 55.4 Å². The van der Waals surface area contributed by atoms with Crippen LogP contribution in [-0.4, -0.2) is 106 Å². The number of carbonyl (C=O) groups excluding carboxylic acids is 3. The van der Waals surface area contributed by atoms with Crippen LogP contribution >= 0.6 is 0 Å². The van der Waals surface area contributed by atoms with E-state index in [-0.39, 0.29) is 54.2 Å². The topological polar surface area (TPSA) is 190 Å². The van der Waals surface area contributed by atoms with Crippen molar-refractivity contribution in [1.82, 2.24) is 30.2 Å². The fourth-order valence-corrected chi connectivity index (χ4v) is 9.64. The molecular weight excluding hydrogens is 819 g/mol. The van der Waals surface area contributed by atoms with Crippen molar-refractivity contribution in [2.45, 2.75) is 69.9 Å². The smallest absolute Gasteiger partial charge is 0.255 e. The van der Waals surface area contributed by atoms with Crippen molar-refractivity contribution >= 4 is 34.5 Å². The van der Waals surface area contributed by atoms with Gasteiger partial charge in [0, 0.05) is 43.1 Å². The standard InChI is InChI=1S/C48H51N7O9/c1-60-36-14-11-29(22-39(36)61-2)41-32-5-3-4-6-33(32)47(58)55(53-41)30-17-19-54(20-18-30)48(59)35(21-27-9-12-31(56)13-10-27)52-46(57)34-23-49-44-42(34)50-25-51-43(44)40-37(62-24-28-7-8-28)15-16-38-45(40)64-26-63-38/h9-16,22-23,25,28,30,32-33,35,49,56H,3-8,17-21,24,26H2,1-2H3,(H,52,57)/t32-,33+,35+/m0/s1. The molecule has 0 unspecified atom stereocenters. The zero-order chi connectivity index (χ0) is 43.9. The molecule has 3 fully saturated rings. The first-order valence-corrected chi connectivity index (χ1v) is 22.2. The van der Waals surface area contributed by atoms with Gasteiger partial charge in [0.15, 0.2) is 23.0 Å². The number of rotatable bonds is 13. The molecule has 0 radical (unpaired) electrons. The maximum absolute atomic E-state index is 14.6. The van der Waals surface area contributed by atoms with E-state index >= 15 is 0 Å². The Morgan fingerprint density at radius 2 is 1.67 bits per heavy atom. The molecule has 2 saturated carbocycles. The van der Waals surface area contributed by atoms with Crippen LogP contribution in [0, 0.1) is 17.8 Å². The van der Waals surface area contributed by atoms with Crippen molar-refractivity contribution in [3.63, 3.8) is 0 Å². The molecule has 0 spiro atoms. The zero-order valence-corrected chi connectivity index (χ0v) is 35.9. The van der Waals surface area contributed by atoms with Gasteiger partial charge in [0.1, 0.15) is 35.1 Å². The van der Waals surface area contributed by atoms with Crippen molar-refractivity contribution in [1.29, 1.82) is 0 Å². The highest BCUT2D eigenvalue weighted by Crippen LogP contribution is 2.48. The highest BCUT2D eigenvalue weighted by atomic mass is 16.7. The zero-order valence-electron chi connectivity index (χ0n) is 35.9. The quantitative estimate of drug-likeness (QED) is 0.121. The van der Waals surface area contributed by atoms with E-state index in [2.05, 4.69) is 20.3 Å². The second-order valence-electron chi connectivity index (χ2n) is 17.3. The first kappa shape index (κ1) is 41.2. The van der Waals surface area contributed by atoms with Gasteiger partial charge in [-0.2, -0.15) is 5.10 Å². The third-order valence-corrected chi connectivity index (χ3v) is 13.3. The van der Waals surface area contributed by atoms with Crippen LogP contribution in [0.1, 0.15) is 72.9 Å². The van der Waals surface area contributed by atoms with E-state index in [1.54, 1.807) is 54.6 Å². The number of amides is 3. The second-order valence-corrected chi connectivity index (χ2v) is 17.3. The van der Waals surface area contributed by atoms with E-state index in [4.69, 9.17) is 28.8 Å². The van der Waals surface area contributed by atoms with E-state index in [0.29, 0.717) is 89.5 Å². The van der Waals surface area contributed by atoms with Gasteiger partial charge < -0.3 is 44.0 Å². The Labute approximate surface area is 369 Å². The lowest BCUT2D eigenvalue weighted by molar-refractivity contribution is -0.143. The van der Waals surface area contributed by atoms with Gasteiger partial charge in [-0.1, -0.05) is 25.0 Å². The summed E-state index contributed by atoms with van der Waals surface area (Å²) in [5, 5.41) is 19.8. The predicted octanol–water partition coefficient (Wildman–Crippen LogP) is 6.25. The van der Waals surface area contributed by atoms with Crippen LogP contribution in [0.4, 0.5) is 0 Å². The second kappa shape index (κ2) is 17.4. The molecule has 1 saturated heterocycles. The Morgan fingerprint density at radius 1 is 0.906 bits per heavy atom. The number of hydrazone groups is 1. The number of ether oxygens (including phenoxy) is 5. The molecular formula is C48H51N7O9. The van der Waals surface area contributed by atoms with E-state index in [1.807, 2.05) is 30.3 Å². The number of hydrogen-bond acceptors (Lipinski definition) is 12. The first-order chi connectivity index (χ1) is 31.3. The fourth-order valence-electron chi connectivity index (χ4n) is 9.64. The molecule has 16 heteroatoms. The number of aromatic hydroxyl groups is 1. The molecule has 3 atom stereocenters. The number of nitrogens with zero attached hydrogens (tertiary/aromatic N) is 5. The summed E-state index contributed by atoms with van der Waals surface area (Å²) in [6.07, 6.45) is 10.1. The van der Waals surface area contributed by atoms with Crippen molar-refractivity contribution in [2.75, 3.05) is 40.7 Å². The number of phenols is 1. The monoisotopic (exact) mass is 869 g/mol. The number of H-pyrrole nitrogens is 1. The van der Waals surface area contributed by atoms with Crippen molar-refractivity contribution in [2.24, 2.45) is 22.9 Å². The summed E-state index contributed by atoms with van der Waals surface area (Å²) in [5.74, 6) is 2.64. The van der Waals surface area contributed by atoms with E-state index < -0.39 is 11.9 Å². The Bertz CT molecular complexity index is 2620. The molecule has 10 rings (SSSR count). The lowest BCUT2D eigenvalue weighted by atomic mass is 9.73. The van der Waals surface area contributed by atoms with Crippen LogP contribution in [0.15, 0.2) is 72.2 Å². The average Bonchev–Trinajstić information content (AvgIpc) is 3.85. The highest BCUT2D eigenvalue weighted by molar-refractivity contribution is 6.09. The predicted molar refractivity (Wildman–Crippen MR) is 235 cm³/mol. The normalized spacial score (nSPS) is 20.1. The van der Waals surface area contributed by atoms with Crippen LogP contribution in [0.3, 0.4) is 0 Å². The lowest BCUT2D eigenvalue weighted by Crippen LogP contribution is -2.55. The van der Waals surface area contributed by atoms with Gasteiger partial charge in [0.05, 0.1) is 49.2 Å². The summed E-state index contributed by atoms with van der Waals surface area (Å²) < 4.78 is 29.0. The minimum Gasteiger partial charge on any atom is -0.508 e. The van der Waals surface area contributed by atoms with Crippen molar-refractivity contribution in [3.8, 4) is 45.8 Å². The first-order valence-electron chi connectivity index (χ1n) is 22.2. The maximum Gasteiger partial charge on any atom is 0.255 e. The number of piperidine rings is 1. The van der Waals surface area contributed by atoms with Gasteiger partial charge in [-0.25, -0.2) is 15.0 Å². The van der Waals surface area contributed by atoms with Gasteiger partial charge in [0.2, 0.25) is 18.6 Å². The van der Waals surface area contributed by atoms with Crippen molar-refractivity contribution < 1.29 is 43.2 Å². The number of nitrogens with one attached hydrogen (secondary N) is 2. The van der Waals surface area contributed by atoms with Gasteiger partial charge in [0.25, 0.3) is 5.91 Å². The maximum atomic E-state index is 14.6. The molecule has 3 aromatic carbocycles. The number of likely N-dealkylation sites (tertiary alicyclic amines) is 1. The summed E-state index contributed by atoms with van der Waals surface area (Å²) in [5.41, 5.74) is 4.73. The van der Waals surface area contributed by atoms with E-state index in [9.17, 15) is 19.5 Å². The van der Waals surface area contributed by atoms with Crippen LogP contribution in [0.25, 0.3) is 22.3 Å². The molecule has 3 aliphatic heterocycles. The van der Waals surface area contributed by atoms with Gasteiger partial charge >= 0.3 is 0 Å². The minimum absolute atomic E-state index is 0.0165. The summed E-state index contributed by atoms with van der Waals surface area (Å²) in [7, 11) is 3.21. The number of aromatic amines is 1. The summed E-state index contributed by atoms with van der Waals surface area (Å²) in [4.78, 5) is 57.2. The van der Waals surface area contributed by atoms with Crippen LogP contribution in [-0.2, 0) is 16.0 Å². The molecule has 5 aromatic rings. The molecule has 332 valence electrons. The number of fused-ring (bicyclic) bond motifs is 3. The number of carbonyl (C=O) groups is 3. The van der Waals surface area contributed by atoms with Gasteiger partial charge in [-0.15, -0.1) is 0 Å². The SMILES string of the molecule is COc1ccc(C2=NN(C3CCN(C(=O)[C@@H](Cc4ccc(O)cc4)NC(=O)c4c[nH]c5c(-c6c(OCC7CC7)ccc7c6OCO7)ncnc45)CC3)C(=O)[C@@H]3CCCC[C@H]23)cc1OC. The molecule has 5 aliphatic rings. The van der Waals surface area contributed by atoms with Gasteiger partial charge in [-0.3, -0.25) is 14.4 Å². The molecule has 64 heavy (non-hydrogen) atoms. The van der Waals surface area contributed by atoms with Crippen LogP contribution < -0.4 is 29.0 Å². The summed E-state index contributed by atoms with van der Waals surface area (Å²) in [6, 6.07) is 14.9. The molecule has 16 nitrogen and oxygen atoms in total. The number of aromatic nitrogens is 3. The van der Waals surface area contributed by atoms with Crippen molar-refractivity contribution in [3.05, 3.63) is 83.8 Å². The summed E-state index contributed by atoms with van der Waals surface area (Å²) in [6.45, 7) is 1.36. The molecule has 3 N–H and O–H groups in total. The highest BCUT2D eigenvalue weighted by Gasteiger charge is 2.44. The van der Waals surface area contributed by atoms with Gasteiger partial charge in [-0.05, 0) is 92.5 Å². The molecule has 2 aliphatic carbocycles. The Balaban J connectivity index is 0.894. The van der Waals surface area contributed by atoms with Crippen LogP contribution in [0.5, 0.6) is 34.5 Å². The molecule has 0 bridgehead atoms. The van der Waals surface area contributed by atoms with E-state index in [1.165, 1.54) is 6.33 Å².